The van der Waals surface area contributed by atoms with Crippen molar-refractivity contribution >= 4 is 34.7 Å². The van der Waals surface area contributed by atoms with Crippen molar-refractivity contribution in [3.8, 4) is 0 Å². The molecule has 0 aliphatic carbocycles. The molecule has 8 heteroatoms. The molecule has 7 nitrogen and oxygen atoms in total. The van der Waals surface area contributed by atoms with Crippen LogP contribution in [0.3, 0.4) is 0 Å². The number of pyridine rings is 1. The Hall–Kier alpha value is -2.67. The number of aryl methyl sites for hydroxylation is 1. The highest BCUT2D eigenvalue weighted by molar-refractivity contribution is 6.30. The molecule has 108 valence electrons. The van der Waals surface area contributed by atoms with Crippen molar-refractivity contribution in [2.24, 2.45) is 0 Å². The van der Waals surface area contributed by atoms with Gasteiger partial charge in [-0.05, 0) is 31.2 Å². The fraction of sp³-hybridized carbons (Fsp3) is 0.0769. The molecule has 1 aromatic carbocycles. The summed E-state index contributed by atoms with van der Waals surface area (Å²) in [6.45, 7) is 1.59. The Morgan fingerprint density at radius 1 is 1.38 bits per heavy atom. The first-order valence-electron chi connectivity index (χ1n) is 5.86. The van der Waals surface area contributed by atoms with Crippen LogP contribution < -0.4 is 11.1 Å². The number of carbonyl (C=O) groups excluding carboxylic acids is 1. The summed E-state index contributed by atoms with van der Waals surface area (Å²) in [6, 6.07) is 7.07. The molecule has 3 N–H and O–H groups in total. The zero-order valence-corrected chi connectivity index (χ0v) is 11.7. The maximum Gasteiger partial charge on any atom is 0.272 e. The fourth-order valence-corrected chi connectivity index (χ4v) is 2.00. The van der Waals surface area contributed by atoms with E-state index >= 15 is 0 Å². The minimum absolute atomic E-state index is 0.0100. The number of aromatic nitrogens is 1. The van der Waals surface area contributed by atoms with Crippen LogP contribution in [0.25, 0.3) is 0 Å². The molecule has 1 aromatic heterocycles. The van der Waals surface area contributed by atoms with Crippen molar-refractivity contribution < 1.29 is 9.72 Å². The number of nitro groups is 1. The van der Waals surface area contributed by atoms with Gasteiger partial charge in [0.15, 0.2) is 0 Å². The zero-order valence-electron chi connectivity index (χ0n) is 11.0. The standard InChI is InChI=1S/C13H11ClN4O3/c1-7-4-9(2-3-10(7)18(20)21)16-13(19)8-5-11(14)17-12(15)6-8/h2-6H,1H3,(H2,15,17)(H,16,19). The Balaban J connectivity index is 2.23. The molecule has 2 rings (SSSR count). The molecular formula is C13H11ClN4O3. The van der Waals surface area contributed by atoms with Crippen molar-refractivity contribution in [1.82, 2.24) is 4.98 Å². The van der Waals surface area contributed by atoms with Gasteiger partial charge in [0.05, 0.1) is 4.92 Å². The fourth-order valence-electron chi connectivity index (χ4n) is 1.79. The van der Waals surface area contributed by atoms with Crippen molar-refractivity contribution in [2.45, 2.75) is 6.92 Å². The van der Waals surface area contributed by atoms with E-state index in [0.29, 0.717) is 11.3 Å². The van der Waals surface area contributed by atoms with Gasteiger partial charge in [-0.1, -0.05) is 11.6 Å². The topological polar surface area (TPSA) is 111 Å². The van der Waals surface area contributed by atoms with Crippen LogP contribution in [0.1, 0.15) is 15.9 Å². The largest absolute Gasteiger partial charge is 0.384 e. The molecule has 0 radical (unpaired) electrons. The van der Waals surface area contributed by atoms with Crippen LogP contribution >= 0.6 is 11.6 Å². The molecule has 2 aromatic rings. The lowest BCUT2D eigenvalue weighted by Gasteiger charge is -2.07. The number of nitrogen functional groups attached to an aromatic ring is 1. The van der Waals surface area contributed by atoms with Crippen molar-refractivity contribution in [3.63, 3.8) is 0 Å². The van der Waals surface area contributed by atoms with Crippen molar-refractivity contribution in [3.05, 3.63) is 56.7 Å². The van der Waals surface area contributed by atoms with Crippen molar-refractivity contribution in [2.75, 3.05) is 11.1 Å². The van der Waals surface area contributed by atoms with Crippen LogP contribution in [0.4, 0.5) is 17.2 Å². The van der Waals surface area contributed by atoms with Gasteiger partial charge in [-0.25, -0.2) is 4.98 Å². The van der Waals surface area contributed by atoms with E-state index in [2.05, 4.69) is 10.3 Å². The van der Waals surface area contributed by atoms with E-state index in [0.717, 1.165) is 0 Å². The minimum Gasteiger partial charge on any atom is -0.384 e. The van der Waals surface area contributed by atoms with Gasteiger partial charge in [0, 0.05) is 22.9 Å². The molecule has 0 fully saturated rings. The lowest BCUT2D eigenvalue weighted by Crippen LogP contribution is -2.13. The number of nitro benzene ring substituents is 1. The molecule has 0 spiro atoms. The van der Waals surface area contributed by atoms with Gasteiger partial charge in [-0.15, -0.1) is 0 Å². The van der Waals surface area contributed by atoms with Gasteiger partial charge >= 0.3 is 0 Å². The Kier molecular flexibility index (Phi) is 4.04. The summed E-state index contributed by atoms with van der Waals surface area (Å²) < 4.78 is 0. The number of anilines is 2. The SMILES string of the molecule is Cc1cc(NC(=O)c2cc(N)nc(Cl)c2)ccc1[N+](=O)[O-]. The Labute approximate surface area is 124 Å². The number of nitrogens with zero attached hydrogens (tertiary/aromatic N) is 2. The first-order chi connectivity index (χ1) is 9.86. The average molecular weight is 307 g/mol. The molecule has 0 aliphatic rings. The third-order valence-corrected chi connectivity index (χ3v) is 2.92. The van der Waals surface area contributed by atoms with Gasteiger partial charge < -0.3 is 11.1 Å². The smallest absolute Gasteiger partial charge is 0.272 e. The molecule has 0 saturated carbocycles. The average Bonchev–Trinajstić information content (AvgIpc) is 2.37. The van der Waals surface area contributed by atoms with E-state index in [1.165, 1.54) is 30.3 Å². The van der Waals surface area contributed by atoms with Gasteiger partial charge in [0.2, 0.25) is 0 Å². The number of nitrogens with two attached hydrogens (primary N) is 1. The number of carbonyl (C=O) groups is 1. The van der Waals surface area contributed by atoms with Crippen LogP contribution in [-0.4, -0.2) is 15.8 Å². The molecule has 21 heavy (non-hydrogen) atoms. The van der Waals surface area contributed by atoms with Gasteiger partial charge in [0.1, 0.15) is 11.0 Å². The monoisotopic (exact) mass is 306 g/mol. The molecule has 0 atom stereocenters. The minimum atomic E-state index is -0.482. The third-order valence-electron chi connectivity index (χ3n) is 2.73. The number of nitrogens with one attached hydrogen (secondary N) is 1. The van der Waals surface area contributed by atoms with Crippen molar-refractivity contribution in [1.29, 1.82) is 0 Å². The highest BCUT2D eigenvalue weighted by atomic mass is 35.5. The number of hydrogen-bond donors (Lipinski definition) is 2. The van der Waals surface area contributed by atoms with Crippen LogP contribution in [-0.2, 0) is 0 Å². The summed E-state index contributed by atoms with van der Waals surface area (Å²) in [4.78, 5) is 26.1. The van der Waals surface area contributed by atoms with Crippen LogP contribution in [0.2, 0.25) is 5.15 Å². The molecular weight excluding hydrogens is 296 g/mol. The number of rotatable bonds is 3. The van der Waals surface area contributed by atoms with E-state index in [1.54, 1.807) is 6.92 Å². The normalized spacial score (nSPS) is 10.2. The van der Waals surface area contributed by atoms with Gasteiger partial charge in [-0.3, -0.25) is 14.9 Å². The maximum absolute atomic E-state index is 12.1. The molecule has 0 saturated heterocycles. The first kappa shape index (κ1) is 14.7. The Morgan fingerprint density at radius 2 is 2.10 bits per heavy atom. The predicted octanol–water partition coefficient (Wildman–Crippen LogP) is 2.79. The molecule has 0 bridgehead atoms. The number of halogens is 1. The Morgan fingerprint density at radius 3 is 2.67 bits per heavy atom. The zero-order chi connectivity index (χ0) is 15.6. The van der Waals surface area contributed by atoms with Gasteiger partial charge in [-0.2, -0.15) is 0 Å². The molecule has 0 aliphatic heterocycles. The second-order valence-corrected chi connectivity index (χ2v) is 4.70. The predicted molar refractivity (Wildman–Crippen MR) is 79.4 cm³/mol. The lowest BCUT2D eigenvalue weighted by molar-refractivity contribution is -0.385. The molecule has 1 heterocycles. The van der Waals surface area contributed by atoms with E-state index in [-0.39, 0.29) is 22.2 Å². The number of hydrogen-bond acceptors (Lipinski definition) is 5. The maximum atomic E-state index is 12.1. The number of benzene rings is 1. The van der Waals surface area contributed by atoms with E-state index in [9.17, 15) is 14.9 Å². The van der Waals surface area contributed by atoms with Gasteiger partial charge in [0.25, 0.3) is 11.6 Å². The summed E-state index contributed by atoms with van der Waals surface area (Å²) in [5.41, 5.74) is 6.65. The number of amides is 1. The summed E-state index contributed by atoms with van der Waals surface area (Å²) in [6.07, 6.45) is 0. The summed E-state index contributed by atoms with van der Waals surface area (Å²) in [7, 11) is 0. The summed E-state index contributed by atoms with van der Waals surface area (Å²) >= 11 is 5.73. The van der Waals surface area contributed by atoms with Crippen LogP contribution in [0.15, 0.2) is 30.3 Å². The van der Waals surface area contributed by atoms with Crippen LogP contribution in [0, 0.1) is 17.0 Å². The van der Waals surface area contributed by atoms with E-state index in [1.807, 2.05) is 0 Å². The van der Waals surface area contributed by atoms with E-state index < -0.39 is 10.8 Å². The molecule has 1 amide bonds. The summed E-state index contributed by atoms with van der Waals surface area (Å²) in [5.74, 6) is -0.299. The second-order valence-electron chi connectivity index (χ2n) is 4.32. The highest BCUT2D eigenvalue weighted by Gasteiger charge is 2.13. The first-order valence-corrected chi connectivity index (χ1v) is 6.24. The van der Waals surface area contributed by atoms with Crippen LogP contribution in [0.5, 0.6) is 0 Å². The van der Waals surface area contributed by atoms with E-state index in [4.69, 9.17) is 17.3 Å². The second kappa shape index (κ2) is 5.76. The molecule has 0 unspecified atom stereocenters. The summed E-state index contributed by atoms with van der Waals surface area (Å²) in [5, 5.41) is 13.5. The third kappa shape index (κ3) is 3.46. The highest BCUT2D eigenvalue weighted by Crippen LogP contribution is 2.22. The Bertz CT molecular complexity index is 713. The quantitative estimate of drug-likeness (QED) is 0.514. The lowest BCUT2D eigenvalue weighted by atomic mass is 10.1.